The van der Waals surface area contributed by atoms with Crippen molar-refractivity contribution < 1.29 is 4.79 Å². The summed E-state index contributed by atoms with van der Waals surface area (Å²) in [5.74, 6) is 1.06. The molecule has 1 aliphatic carbocycles. The summed E-state index contributed by atoms with van der Waals surface area (Å²) in [4.78, 5) is 12.6. The van der Waals surface area contributed by atoms with E-state index in [0.29, 0.717) is 17.5 Å². The maximum absolute atomic E-state index is 12.6. The third-order valence-corrected chi connectivity index (χ3v) is 4.74. The lowest BCUT2D eigenvalue weighted by molar-refractivity contribution is 0.0908. The Balaban J connectivity index is 1.77. The second kappa shape index (κ2) is 5.69. The lowest BCUT2D eigenvalue weighted by atomic mass is 9.95. The van der Waals surface area contributed by atoms with E-state index < -0.39 is 0 Å². The van der Waals surface area contributed by atoms with E-state index >= 15 is 0 Å². The standard InChI is InChI=1S/C17H28N4O/c1-11-7-8-18-10-14(11)19-16(22)13-9-15(12-5-6-12)21(20-13)17(2,3)4/h9,11-12,14,18H,5-8,10H2,1-4H3,(H,19,22). The fourth-order valence-corrected chi connectivity index (χ4v) is 3.14. The predicted octanol–water partition coefficient (Wildman–Crippen LogP) is 2.24. The van der Waals surface area contributed by atoms with Crippen molar-refractivity contribution in [3.63, 3.8) is 0 Å². The van der Waals surface area contributed by atoms with Gasteiger partial charge in [0, 0.05) is 24.2 Å². The van der Waals surface area contributed by atoms with Crippen molar-refractivity contribution in [2.45, 2.75) is 64.5 Å². The molecule has 2 fully saturated rings. The Bertz CT molecular complexity index is 553. The van der Waals surface area contributed by atoms with Crippen LogP contribution in [-0.4, -0.2) is 34.8 Å². The number of carbonyl (C=O) groups excluding carboxylic acids is 1. The highest BCUT2D eigenvalue weighted by atomic mass is 16.2. The zero-order valence-electron chi connectivity index (χ0n) is 14.1. The minimum atomic E-state index is -0.0872. The van der Waals surface area contributed by atoms with Crippen molar-refractivity contribution in [2.24, 2.45) is 5.92 Å². The highest BCUT2D eigenvalue weighted by Gasteiger charge is 2.33. The third-order valence-electron chi connectivity index (χ3n) is 4.74. The lowest BCUT2D eigenvalue weighted by Gasteiger charge is -2.30. The summed E-state index contributed by atoms with van der Waals surface area (Å²) < 4.78 is 2.04. The van der Waals surface area contributed by atoms with E-state index in [2.05, 4.69) is 43.4 Å². The maximum atomic E-state index is 12.6. The Kier molecular flexibility index (Phi) is 4.02. The number of carbonyl (C=O) groups is 1. The summed E-state index contributed by atoms with van der Waals surface area (Å²) >= 11 is 0. The molecule has 1 saturated heterocycles. The first kappa shape index (κ1) is 15.5. The van der Waals surface area contributed by atoms with Crippen LogP contribution in [0.3, 0.4) is 0 Å². The zero-order valence-corrected chi connectivity index (χ0v) is 14.1. The zero-order chi connectivity index (χ0) is 15.9. The van der Waals surface area contributed by atoms with E-state index in [1.165, 1.54) is 18.5 Å². The smallest absolute Gasteiger partial charge is 0.272 e. The summed E-state index contributed by atoms with van der Waals surface area (Å²) in [6.45, 7) is 10.5. The van der Waals surface area contributed by atoms with Gasteiger partial charge in [-0.05, 0) is 58.6 Å². The molecule has 1 amide bonds. The SMILES string of the molecule is CC1CCNCC1NC(=O)c1cc(C2CC2)n(C(C)(C)C)n1. The molecule has 2 N–H and O–H groups in total. The van der Waals surface area contributed by atoms with Gasteiger partial charge in [-0.15, -0.1) is 0 Å². The van der Waals surface area contributed by atoms with Crippen LogP contribution < -0.4 is 10.6 Å². The Labute approximate surface area is 132 Å². The number of amides is 1. The molecule has 3 rings (SSSR count). The fourth-order valence-electron chi connectivity index (χ4n) is 3.14. The molecular formula is C17H28N4O. The van der Waals surface area contributed by atoms with E-state index in [1.54, 1.807) is 0 Å². The fraction of sp³-hybridized carbons (Fsp3) is 0.765. The molecule has 2 heterocycles. The molecule has 1 aromatic rings. The summed E-state index contributed by atoms with van der Waals surface area (Å²) in [6, 6.07) is 2.20. The Morgan fingerprint density at radius 3 is 2.68 bits per heavy atom. The van der Waals surface area contributed by atoms with Gasteiger partial charge in [-0.1, -0.05) is 6.92 Å². The monoisotopic (exact) mass is 304 g/mol. The van der Waals surface area contributed by atoms with E-state index in [1.807, 2.05) is 10.7 Å². The first-order valence-electron chi connectivity index (χ1n) is 8.48. The summed E-state index contributed by atoms with van der Waals surface area (Å²) in [7, 11) is 0. The average molecular weight is 304 g/mol. The first-order valence-corrected chi connectivity index (χ1v) is 8.48. The van der Waals surface area contributed by atoms with Crippen molar-refractivity contribution in [3.05, 3.63) is 17.5 Å². The number of aromatic nitrogens is 2. The molecule has 5 nitrogen and oxygen atoms in total. The summed E-state index contributed by atoms with van der Waals surface area (Å²) in [6.07, 6.45) is 3.54. The topological polar surface area (TPSA) is 58.9 Å². The van der Waals surface area contributed by atoms with Crippen molar-refractivity contribution in [2.75, 3.05) is 13.1 Å². The van der Waals surface area contributed by atoms with Crippen molar-refractivity contribution >= 4 is 5.91 Å². The molecule has 2 aliphatic rings. The molecule has 2 atom stereocenters. The van der Waals surface area contributed by atoms with Crippen LogP contribution in [0.15, 0.2) is 6.07 Å². The number of nitrogens with zero attached hydrogens (tertiary/aromatic N) is 2. The van der Waals surface area contributed by atoms with Crippen molar-refractivity contribution in [1.29, 1.82) is 0 Å². The molecule has 0 spiro atoms. The van der Waals surface area contributed by atoms with Crippen LogP contribution in [0.1, 0.15) is 69.1 Å². The Hall–Kier alpha value is -1.36. The summed E-state index contributed by atoms with van der Waals surface area (Å²) in [5, 5.41) is 11.1. The minimum absolute atomic E-state index is 0.0366. The van der Waals surface area contributed by atoms with Crippen LogP contribution in [-0.2, 0) is 5.54 Å². The molecule has 1 saturated carbocycles. The molecule has 0 bridgehead atoms. The van der Waals surface area contributed by atoms with Gasteiger partial charge in [-0.3, -0.25) is 9.48 Å². The van der Waals surface area contributed by atoms with Crippen molar-refractivity contribution in [1.82, 2.24) is 20.4 Å². The molecule has 5 heteroatoms. The van der Waals surface area contributed by atoms with E-state index in [0.717, 1.165) is 19.5 Å². The number of hydrogen-bond acceptors (Lipinski definition) is 3. The molecule has 2 unspecified atom stereocenters. The minimum Gasteiger partial charge on any atom is -0.346 e. The maximum Gasteiger partial charge on any atom is 0.272 e. The van der Waals surface area contributed by atoms with Crippen LogP contribution in [0.25, 0.3) is 0 Å². The number of rotatable bonds is 3. The highest BCUT2D eigenvalue weighted by Crippen LogP contribution is 2.41. The third kappa shape index (κ3) is 3.19. The van der Waals surface area contributed by atoms with Gasteiger partial charge < -0.3 is 10.6 Å². The second-order valence-electron chi connectivity index (χ2n) is 7.86. The molecule has 22 heavy (non-hydrogen) atoms. The van der Waals surface area contributed by atoms with Gasteiger partial charge in [0.05, 0.1) is 5.54 Å². The van der Waals surface area contributed by atoms with Gasteiger partial charge in [0.15, 0.2) is 0 Å². The van der Waals surface area contributed by atoms with Gasteiger partial charge in [0.2, 0.25) is 0 Å². The van der Waals surface area contributed by atoms with E-state index in [4.69, 9.17) is 0 Å². The van der Waals surface area contributed by atoms with E-state index in [-0.39, 0.29) is 17.5 Å². The Morgan fingerprint density at radius 1 is 1.36 bits per heavy atom. The van der Waals surface area contributed by atoms with Crippen LogP contribution >= 0.6 is 0 Å². The predicted molar refractivity (Wildman–Crippen MR) is 87.1 cm³/mol. The van der Waals surface area contributed by atoms with Gasteiger partial charge in [-0.2, -0.15) is 5.10 Å². The molecule has 0 radical (unpaired) electrons. The van der Waals surface area contributed by atoms with Gasteiger partial charge in [0.25, 0.3) is 5.91 Å². The van der Waals surface area contributed by atoms with Gasteiger partial charge in [-0.25, -0.2) is 0 Å². The van der Waals surface area contributed by atoms with Crippen LogP contribution in [0.2, 0.25) is 0 Å². The van der Waals surface area contributed by atoms with Gasteiger partial charge in [0.1, 0.15) is 5.69 Å². The van der Waals surface area contributed by atoms with Crippen LogP contribution in [0.4, 0.5) is 0 Å². The van der Waals surface area contributed by atoms with E-state index in [9.17, 15) is 4.79 Å². The number of nitrogens with one attached hydrogen (secondary N) is 2. The summed E-state index contributed by atoms with van der Waals surface area (Å²) in [5.41, 5.74) is 1.69. The van der Waals surface area contributed by atoms with Gasteiger partial charge >= 0.3 is 0 Å². The number of hydrogen-bond donors (Lipinski definition) is 2. The largest absolute Gasteiger partial charge is 0.346 e. The van der Waals surface area contributed by atoms with Crippen molar-refractivity contribution in [3.8, 4) is 0 Å². The quantitative estimate of drug-likeness (QED) is 0.900. The van der Waals surface area contributed by atoms with Crippen LogP contribution in [0, 0.1) is 5.92 Å². The highest BCUT2D eigenvalue weighted by molar-refractivity contribution is 5.92. The molecule has 1 aliphatic heterocycles. The molecule has 0 aromatic carbocycles. The first-order chi connectivity index (χ1) is 10.4. The van der Waals surface area contributed by atoms with Crippen LogP contribution in [0.5, 0.6) is 0 Å². The normalized spacial score (nSPS) is 26.0. The average Bonchev–Trinajstić information content (AvgIpc) is 3.18. The lowest BCUT2D eigenvalue weighted by Crippen LogP contribution is -2.50. The molecule has 122 valence electrons. The second-order valence-corrected chi connectivity index (χ2v) is 7.86. The molecular weight excluding hydrogens is 276 g/mol. The Morgan fingerprint density at radius 2 is 2.09 bits per heavy atom. The number of piperidine rings is 1. The molecule has 1 aromatic heterocycles.